The van der Waals surface area contributed by atoms with Crippen LogP contribution in [0.4, 0.5) is 0 Å². The number of nitrogens with zero attached hydrogens (tertiary/aromatic N) is 2. The number of amides is 2. The second-order valence-electron chi connectivity index (χ2n) is 3.78. The molecule has 0 spiro atoms. The van der Waals surface area contributed by atoms with Crippen molar-refractivity contribution in [3.05, 3.63) is 60.2 Å². The molecular formula is C13H12N4O2. The molecule has 0 radical (unpaired) electrons. The van der Waals surface area contributed by atoms with Crippen molar-refractivity contribution in [3.8, 4) is 0 Å². The fourth-order valence-corrected chi connectivity index (χ4v) is 1.60. The topological polar surface area (TPSA) is 98.0 Å². The van der Waals surface area contributed by atoms with Gasteiger partial charge < -0.3 is 11.1 Å². The molecule has 0 atom stereocenters. The van der Waals surface area contributed by atoms with E-state index >= 15 is 0 Å². The Hall–Kier alpha value is -2.76. The number of carbonyl (C=O) groups excluding carboxylic acids is 2. The summed E-state index contributed by atoms with van der Waals surface area (Å²) in [5.74, 6) is -1.92. The molecule has 0 aliphatic carbocycles. The van der Waals surface area contributed by atoms with E-state index in [-0.39, 0.29) is 0 Å². The normalized spacial score (nSPS) is 10.2. The van der Waals surface area contributed by atoms with Gasteiger partial charge in [0.25, 0.3) is 0 Å². The zero-order chi connectivity index (χ0) is 13.7. The van der Waals surface area contributed by atoms with Gasteiger partial charge in [0, 0.05) is 12.4 Å². The number of aromatic nitrogens is 2. The molecule has 3 N–H and O–H groups in total. The summed E-state index contributed by atoms with van der Waals surface area (Å²) in [6.45, 7) is 0. The maximum Gasteiger partial charge on any atom is 0.309 e. The van der Waals surface area contributed by atoms with Gasteiger partial charge in [-0.2, -0.15) is 0 Å². The highest BCUT2D eigenvalue weighted by molar-refractivity contribution is 6.34. The van der Waals surface area contributed by atoms with Gasteiger partial charge in [0.05, 0.1) is 11.4 Å². The van der Waals surface area contributed by atoms with Crippen LogP contribution in [0.2, 0.25) is 0 Å². The standard InChI is InChI=1S/C13H12N4O2/c14-12(18)13(19)17-11(9-5-1-3-7-15-9)10-6-2-4-8-16-10/h1-8,11H,(H2,14,18)(H,17,19). The molecule has 2 amide bonds. The minimum Gasteiger partial charge on any atom is -0.361 e. The number of pyridine rings is 2. The van der Waals surface area contributed by atoms with Crippen LogP contribution < -0.4 is 11.1 Å². The molecule has 6 nitrogen and oxygen atoms in total. The van der Waals surface area contributed by atoms with Crippen LogP contribution >= 0.6 is 0 Å². The second kappa shape index (κ2) is 5.72. The maximum atomic E-state index is 11.5. The molecule has 0 bridgehead atoms. The van der Waals surface area contributed by atoms with Crippen LogP contribution in [0.5, 0.6) is 0 Å². The minimum absolute atomic E-state index is 0.579. The van der Waals surface area contributed by atoms with Crippen molar-refractivity contribution in [3.63, 3.8) is 0 Å². The summed E-state index contributed by atoms with van der Waals surface area (Å²) in [7, 11) is 0. The first-order valence-corrected chi connectivity index (χ1v) is 5.60. The average Bonchev–Trinajstić information content (AvgIpc) is 2.46. The third kappa shape index (κ3) is 3.12. The van der Waals surface area contributed by atoms with Crippen LogP contribution in [-0.2, 0) is 9.59 Å². The summed E-state index contributed by atoms with van der Waals surface area (Å²) in [6.07, 6.45) is 3.20. The fraction of sp³-hybridized carbons (Fsp3) is 0.0769. The summed E-state index contributed by atoms with van der Waals surface area (Å²) in [4.78, 5) is 30.6. The van der Waals surface area contributed by atoms with E-state index in [4.69, 9.17) is 5.73 Å². The number of hydrogen-bond donors (Lipinski definition) is 2. The number of primary amides is 1. The molecule has 2 aromatic heterocycles. The zero-order valence-corrected chi connectivity index (χ0v) is 9.98. The number of nitrogens with one attached hydrogen (secondary N) is 1. The van der Waals surface area contributed by atoms with E-state index < -0.39 is 17.9 Å². The molecule has 2 heterocycles. The quantitative estimate of drug-likeness (QED) is 0.765. The first-order valence-electron chi connectivity index (χ1n) is 5.60. The summed E-state index contributed by atoms with van der Waals surface area (Å²) in [5.41, 5.74) is 6.11. The molecule has 6 heteroatoms. The van der Waals surface area contributed by atoms with E-state index in [1.165, 1.54) is 0 Å². The van der Waals surface area contributed by atoms with E-state index in [1.54, 1.807) is 48.8 Å². The van der Waals surface area contributed by atoms with Crippen LogP contribution in [0.25, 0.3) is 0 Å². The highest BCUT2D eigenvalue weighted by Crippen LogP contribution is 2.17. The van der Waals surface area contributed by atoms with Gasteiger partial charge in [0.15, 0.2) is 0 Å². The van der Waals surface area contributed by atoms with Crippen LogP contribution in [0.3, 0.4) is 0 Å². The van der Waals surface area contributed by atoms with E-state index in [0.29, 0.717) is 11.4 Å². The molecular weight excluding hydrogens is 244 g/mol. The molecule has 0 fully saturated rings. The number of nitrogens with two attached hydrogens (primary N) is 1. The van der Waals surface area contributed by atoms with Gasteiger partial charge in [0.1, 0.15) is 6.04 Å². The van der Waals surface area contributed by atoms with Crippen molar-refractivity contribution < 1.29 is 9.59 Å². The van der Waals surface area contributed by atoms with E-state index in [1.807, 2.05) is 0 Å². The van der Waals surface area contributed by atoms with Crippen molar-refractivity contribution in [2.24, 2.45) is 5.73 Å². The van der Waals surface area contributed by atoms with Gasteiger partial charge in [-0.1, -0.05) is 12.1 Å². The molecule has 2 aromatic rings. The van der Waals surface area contributed by atoms with Gasteiger partial charge in [0.2, 0.25) is 0 Å². The molecule has 0 aliphatic heterocycles. The highest BCUT2D eigenvalue weighted by atomic mass is 16.2. The Morgan fingerprint density at radius 2 is 1.53 bits per heavy atom. The van der Waals surface area contributed by atoms with E-state index in [9.17, 15) is 9.59 Å². The third-order valence-corrected chi connectivity index (χ3v) is 2.47. The lowest BCUT2D eigenvalue weighted by Gasteiger charge is -2.16. The number of carbonyl (C=O) groups is 2. The minimum atomic E-state index is -1.04. The van der Waals surface area contributed by atoms with Gasteiger partial charge in [-0.25, -0.2) is 0 Å². The SMILES string of the molecule is NC(=O)C(=O)NC(c1ccccn1)c1ccccn1. The number of hydrogen-bond acceptors (Lipinski definition) is 4. The van der Waals surface area contributed by atoms with Crippen molar-refractivity contribution in [1.29, 1.82) is 0 Å². The van der Waals surface area contributed by atoms with Crippen LogP contribution in [0.15, 0.2) is 48.8 Å². The molecule has 96 valence electrons. The summed E-state index contributed by atoms with van der Waals surface area (Å²) in [6, 6.07) is 9.96. The van der Waals surface area contributed by atoms with Gasteiger partial charge in [-0.15, -0.1) is 0 Å². The van der Waals surface area contributed by atoms with Gasteiger partial charge in [-0.05, 0) is 24.3 Å². The van der Waals surface area contributed by atoms with Crippen molar-refractivity contribution in [1.82, 2.24) is 15.3 Å². The van der Waals surface area contributed by atoms with Crippen LogP contribution in [0.1, 0.15) is 17.4 Å². The Labute approximate surface area is 109 Å². The van der Waals surface area contributed by atoms with E-state index in [0.717, 1.165) is 0 Å². The highest BCUT2D eigenvalue weighted by Gasteiger charge is 2.21. The Morgan fingerprint density at radius 1 is 1.00 bits per heavy atom. The lowest BCUT2D eigenvalue weighted by Crippen LogP contribution is -2.39. The average molecular weight is 256 g/mol. The molecule has 0 unspecified atom stereocenters. The predicted octanol–water partition coefficient (Wildman–Crippen LogP) is 0.167. The smallest absolute Gasteiger partial charge is 0.309 e. The van der Waals surface area contributed by atoms with Crippen molar-refractivity contribution in [2.45, 2.75) is 6.04 Å². The molecule has 0 saturated carbocycles. The Morgan fingerprint density at radius 3 is 1.89 bits per heavy atom. The van der Waals surface area contributed by atoms with Crippen molar-refractivity contribution in [2.75, 3.05) is 0 Å². The monoisotopic (exact) mass is 256 g/mol. The molecule has 2 rings (SSSR count). The van der Waals surface area contributed by atoms with Crippen LogP contribution in [-0.4, -0.2) is 21.8 Å². The lowest BCUT2D eigenvalue weighted by molar-refractivity contribution is -0.137. The lowest BCUT2D eigenvalue weighted by atomic mass is 10.1. The Balaban J connectivity index is 2.34. The van der Waals surface area contributed by atoms with Crippen LogP contribution in [0, 0.1) is 0 Å². The maximum absolute atomic E-state index is 11.5. The third-order valence-electron chi connectivity index (χ3n) is 2.47. The summed E-state index contributed by atoms with van der Waals surface area (Å²) < 4.78 is 0. The molecule has 19 heavy (non-hydrogen) atoms. The molecule has 0 aromatic carbocycles. The number of rotatable bonds is 3. The molecule has 0 aliphatic rings. The predicted molar refractivity (Wildman–Crippen MR) is 67.7 cm³/mol. The molecule has 0 saturated heterocycles. The first-order chi connectivity index (χ1) is 9.18. The van der Waals surface area contributed by atoms with Crippen molar-refractivity contribution >= 4 is 11.8 Å². The largest absolute Gasteiger partial charge is 0.361 e. The Kier molecular flexibility index (Phi) is 3.82. The summed E-state index contributed by atoms with van der Waals surface area (Å²) >= 11 is 0. The zero-order valence-electron chi connectivity index (χ0n) is 9.98. The first kappa shape index (κ1) is 12.7. The van der Waals surface area contributed by atoms with Gasteiger partial charge >= 0.3 is 11.8 Å². The Bertz CT molecular complexity index is 532. The summed E-state index contributed by atoms with van der Waals surface area (Å²) in [5, 5.41) is 2.51. The second-order valence-corrected chi connectivity index (χ2v) is 3.78. The van der Waals surface area contributed by atoms with E-state index in [2.05, 4.69) is 15.3 Å². The van der Waals surface area contributed by atoms with Gasteiger partial charge in [-0.3, -0.25) is 19.6 Å². The fourth-order valence-electron chi connectivity index (χ4n) is 1.60.